The number of likely N-dealkylation sites (tertiary alicyclic amines) is 2. The Hall–Kier alpha value is -1.84. The molecule has 4 nitrogen and oxygen atoms in total. The molecule has 2 aliphatic heterocycles. The first-order valence-electron chi connectivity index (χ1n) is 8.27. The number of amides is 2. The molecule has 1 atom stereocenters. The number of nitrogens with zero attached hydrogens (tertiary/aromatic N) is 2. The van der Waals surface area contributed by atoms with E-state index in [0.717, 1.165) is 51.0 Å². The number of aryl methyl sites for hydroxylation is 1. The van der Waals surface area contributed by atoms with Crippen molar-refractivity contribution in [1.82, 2.24) is 9.80 Å². The van der Waals surface area contributed by atoms with Crippen molar-refractivity contribution in [2.75, 3.05) is 26.2 Å². The fourth-order valence-electron chi connectivity index (χ4n) is 3.49. The molecule has 0 N–H and O–H groups in total. The zero-order valence-electron chi connectivity index (χ0n) is 13.3. The molecule has 0 saturated carbocycles. The van der Waals surface area contributed by atoms with Crippen LogP contribution in [0.2, 0.25) is 0 Å². The molecule has 2 aliphatic rings. The van der Waals surface area contributed by atoms with Gasteiger partial charge in [0.1, 0.15) is 0 Å². The molecule has 0 aliphatic carbocycles. The normalized spacial score (nSPS) is 22.2. The van der Waals surface area contributed by atoms with Crippen molar-refractivity contribution in [2.45, 2.75) is 32.6 Å². The summed E-state index contributed by atoms with van der Waals surface area (Å²) in [5, 5.41) is 0. The molecule has 2 fully saturated rings. The van der Waals surface area contributed by atoms with Gasteiger partial charge in [0.2, 0.25) is 5.91 Å². The largest absolute Gasteiger partial charge is 0.342 e. The van der Waals surface area contributed by atoms with E-state index in [-0.39, 0.29) is 11.8 Å². The first-order valence-corrected chi connectivity index (χ1v) is 8.27. The first kappa shape index (κ1) is 15.1. The summed E-state index contributed by atoms with van der Waals surface area (Å²) < 4.78 is 0. The van der Waals surface area contributed by atoms with Crippen molar-refractivity contribution in [3.05, 3.63) is 35.4 Å². The lowest BCUT2D eigenvalue weighted by molar-refractivity contribution is -0.128. The lowest BCUT2D eigenvalue weighted by atomic mass is 9.96. The molecule has 2 saturated heterocycles. The standard InChI is InChI=1S/C18H24N2O2/c1-14-6-8-16(9-7-14)18(22)20-11-2-4-15(13-20)12-19-10-3-5-17(19)21/h6-9,15H,2-5,10-13H2,1H3. The van der Waals surface area contributed by atoms with Crippen molar-refractivity contribution >= 4 is 11.8 Å². The number of carbonyl (C=O) groups is 2. The van der Waals surface area contributed by atoms with Gasteiger partial charge in [-0.15, -0.1) is 0 Å². The van der Waals surface area contributed by atoms with E-state index in [0.29, 0.717) is 12.3 Å². The fraction of sp³-hybridized carbons (Fsp3) is 0.556. The first-order chi connectivity index (χ1) is 10.6. The third-order valence-electron chi connectivity index (χ3n) is 4.75. The summed E-state index contributed by atoms with van der Waals surface area (Å²) in [4.78, 5) is 28.3. The van der Waals surface area contributed by atoms with E-state index in [2.05, 4.69) is 0 Å². The minimum Gasteiger partial charge on any atom is -0.342 e. The van der Waals surface area contributed by atoms with Gasteiger partial charge in [-0.05, 0) is 44.2 Å². The van der Waals surface area contributed by atoms with Crippen LogP contribution in [0.4, 0.5) is 0 Å². The van der Waals surface area contributed by atoms with Crippen molar-refractivity contribution in [3.63, 3.8) is 0 Å². The third kappa shape index (κ3) is 3.32. The van der Waals surface area contributed by atoms with Gasteiger partial charge in [0, 0.05) is 38.2 Å². The SMILES string of the molecule is Cc1ccc(C(=O)N2CCCC(CN3CCCC3=O)C2)cc1. The van der Waals surface area contributed by atoms with Crippen molar-refractivity contribution in [2.24, 2.45) is 5.92 Å². The molecule has 1 unspecified atom stereocenters. The Balaban J connectivity index is 1.61. The second-order valence-corrected chi connectivity index (χ2v) is 6.57. The molecule has 2 amide bonds. The highest BCUT2D eigenvalue weighted by atomic mass is 16.2. The zero-order chi connectivity index (χ0) is 15.5. The maximum absolute atomic E-state index is 12.6. The summed E-state index contributed by atoms with van der Waals surface area (Å²) in [5.41, 5.74) is 1.93. The Kier molecular flexibility index (Phi) is 4.46. The highest BCUT2D eigenvalue weighted by Gasteiger charge is 2.28. The van der Waals surface area contributed by atoms with Crippen LogP contribution in [0, 0.1) is 12.8 Å². The van der Waals surface area contributed by atoms with E-state index in [1.54, 1.807) is 0 Å². The molecule has 0 bridgehead atoms. The minimum atomic E-state index is 0.123. The lowest BCUT2D eigenvalue weighted by Crippen LogP contribution is -2.44. The fourth-order valence-corrected chi connectivity index (χ4v) is 3.49. The molecule has 2 heterocycles. The molecule has 118 valence electrons. The minimum absolute atomic E-state index is 0.123. The quantitative estimate of drug-likeness (QED) is 0.860. The van der Waals surface area contributed by atoms with Gasteiger partial charge in [0.05, 0.1) is 0 Å². The summed E-state index contributed by atoms with van der Waals surface area (Å²) in [6, 6.07) is 7.78. The molecule has 0 spiro atoms. The predicted octanol–water partition coefficient (Wildman–Crippen LogP) is 2.47. The average Bonchev–Trinajstić information content (AvgIpc) is 2.93. The van der Waals surface area contributed by atoms with Crippen molar-refractivity contribution < 1.29 is 9.59 Å². The van der Waals surface area contributed by atoms with Crippen LogP contribution in [0.3, 0.4) is 0 Å². The van der Waals surface area contributed by atoms with E-state index in [9.17, 15) is 9.59 Å². The molecule has 0 radical (unpaired) electrons. The van der Waals surface area contributed by atoms with Gasteiger partial charge < -0.3 is 9.80 Å². The van der Waals surface area contributed by atoms with E-state index in [1.807, 2.05) is 41.0 Å². The number of carbonyl (C=O) groups excluding carboxylic acids is 2. The van der Waals surface area contributed by atoms with Gasteiger partial charge in [0.25, 0.3) is 5.91 Å². The second kappa shape index (κ2) is 6.51. The number of benzene rings is 1. The maximum Gasteiger partial charge on any atom is 0.253 e. The smallest absolute Gasteiger partial charge is 0.253 e. The van der Waals surface area contributed by atoms with E-state index in [1.165, 1.54) is 5.56 Å². The molecule has 1 aromatic rings. The van der Waals surface area contributed by atoms with Crippen LogP contribution in [0.15, 0.2) is 24.3 Å². The topological polar surface area (TPSA) is 40.6 Å². The summed E-state index contributed by atoms with van der Waals surface area (Å²) in [6.45, 7) is 5.34. The summed E-state index contributed by atoms with van der Waals surface area (Å²) in [7, 11) is 0. The summed E-state index contributed by atoms with van der Waals surface area (Å²) in [5.74, 6) is 0.824. The monoisotopic (exact) mass is 300 g/mol. The number of piperidine rings is 1. The van der Waals surface area contributed by atoms with E-state index < -0.39 is 0 Å². The van der Waals surface area contributed by atoms with E-state index in [4.69, 9.17) is 0 Å². The zero-order valence-corrected chi connectivity index (χ0v) is 13.3. The second-order valence-electron chi connectivity index (χ2n) is 6.57. The highest BCUT2D eigenvalue weighted by molar-refractivity contribution is 5.94. The highest BCUT2D eigenvalue weighted by Crippen LogP contribution is 2.22. The Morgan fingerprint density at radius 2 is 1.95 bits per heavy atom. The Morgan fingerprint density at radius 1 is 1.18 bits per heavy atom. The average molecular weight is 300 g/mol. The van der Waals surface area contributed by atoms with Crippen molar-refractivity contribution in [3.8, 4) is 0 Å². The molecule has 22 heavy (non-hydrogen) atoms. The Morgan fingerprint density at radius 3 is 2.64 bits per heavy atom. The number of rotatable bonds is 3. The van der Waals surface area contributed by atoms with Crippen LogP contribution >= 0.6 is 0 Å². The molecule has 0 aromatic heterocycles. The van der Waals surface area contributed by atoms with Gasteiger partial charge in [-0.25, -0.2) is 0 Å². The van der Waals surface area contributed by atoms with Gasteiger partial charge in [-0.3, -0.25) is 9.59 Å². The van der Waals surface area contributed by atoms with Crippen molar-refractivity contribution in [1.29, 1.82) is 0 Å². The summed E-state index contributed by atoms with van der Waals surface area (Å²) >= 11 is 0. The van der Waals surface area contributed by atoms with Crippen LogP contribution in [0.1, 0.15) is 41.6 Å². The third-order valence-corrected chi connectivity index (χ3v) is 4.75. The molecular weight excluding hydrogens is 276 g/mol. The Labute approximate surface area is 132 Å². The molecule has 3 rings (SSSR count). The van der Waals surface area contributed by atoms with E-state index >= 15 is 0 Å². The van der Waals surface area contributed by atoms with Crippen LogP contribution in [-0.4, -0.2) is 47.8 Å². The summed E-state index contributed by atoms with van der Waals surface area (Å²) in [6.07, 6.45) is 3.82. The number of hydrogen-bond donors (Lipinski definition) is 0. The van der Waals surface area contributed by atoms with Gasteiger partial charge in [-0.1, -0.05) is 17.7 Å². The van der Waals surface area contributed by atoms with Crippen LogP contribution in [-0.2, 0) is 4.79 Å². The number of hydrogen-bond acceptors (Lipinski definition) is 2. The molecular formula is C18H24N2O2. The van der Waals surface area contributed by atoms with Crippen LogP contribution in [0.25, 0.3) is 0 Å². The maximum atomic E-state index is 12.6. The molecule has 1 aromatic carbocycles. The Bertz CT molecular complexity index is 553. The lowest BCUT2D eigenvalue weighted by Gasteiger charge is -2.34. The predicted molar refractivity (Wildman–Crippen MR) is 85.6 cm³/mol. The molecule has 4 heteroatoms. The van der Waals surface area contributed by atoms with Gasteiger partial charge >= 0.3 is 0 Å². The van der Waals surface area contributed by atoms with Crippen LogP contribution in [0.5, 0.6) is 0 Å². The van der Waals surface area contributed by atoms with Gasteiger partial charge in [0.15, 0.2) is 0 Å². The van der Waals surface area contributed by atoms with Gasteiger partial charge in [-0.2, -0.15) is 0 Å². The van der Waals surface area contributed by atoms with Crippen LogP contribution < -0.4 is 0 Å².